The van der Waals surface area contributed by atoms with E-state index in [1.807, 2.05) is 13.8 Å². The monoisotopic (exact) mass is 329 g/mol. The summed E-state index contributed by atoms with van der Waals surface area (Å²) in [5.74, 6) is 2.46. The molecule has 0 aromatic heterocycles. The van der Waals surface area contributed by atoms with Crippen LogP contribution in [0.5, 0.6) is 5.75 Å². The number of hydrogen-bond donors (Lipinski definition) is 1. The molecule has 0 aliphatic carbocycles. The van der Waals surface area contributed by atoms with Crippen LogP contribution in [-0.4, -0.2) is 26.4 Å². The van der Waals surface area contributed by atoms with Crippen molar-refractivity contribution in [2.75, 3.05) is 20.3 Å². The van der Waals surface area contributed by atoms with Crippen molar-refractivity contribution >= 4 is 16.9 Å². The van der Waals surface area contributed by atoms with Gasteiger partial charge >= 0.3 is 6.09 Å². The minimum absolute atomic E-state index is 0.0847. The van der Waals surface area contributed by atoms with E-state index < -0.39 is 11.9 Å². The number of halogens is 1. The van der Waals surface area contributed by atoms with Gasteiger partial charge in [0.25, 0.3) is 0 Å². The average molecular weight is 329 g/mol. The van der Waals surface area contributed by atoms with Crippen LogP contribution in [-0.2, 0) is 4.74 Å². The number of carbonyl (C=O) groups is 1. The minimum Gasteiger partial charge on any atom is -0.410 e. The highest BCUT2D eigenvalue weighted by atomic mass is 19.1. The van der Waals surface area contributed by atoms with Gasteiger partial charge < -0.3 is 14.8 Å². The SMILES string of the molecule is C#Cc1c(F)ccc2cc(OC(=O)NCCOC)cc(C(C)C)c12. The van der Waals surface area contributed by atoms with Crippen molar-refractivity contribution in [3.63, 3.8) is 0 Å². The molecule has 0 unspecified atom stereocenters. The second kappa shape index (κ2) is 7.80. The largest absolute Gasteiger partial charge is 0.412 e. The van der Waals surface area contributed by atoms with Crippen LogP contribution in [0.25, 0.3) is 10.8 Å². The van der Waals surface area contributed by atoms with E-state index in [0.717, 1.165) is 10.9 Å². The van der Waals surface area contributed by atoms with E-state index in [1.165, 1.54) is 6.07 Å². The maximum absolute atomic E-state index is 14.0. The van der Waals surface area contributed by atoms with E-state index in [0.29, 0.717) is 24.3 Å². The number of fused-ring (bicyclic) bond motifs is 1. The molecular formula is C19H20FNO3. The van der Waals surface area contributed by atoms with Gasteiger partial charge in [-0.05, 0) is 35.1 Å². The lowest BCUT2D eigenvalue weighted by Gasteiger charge is -2.15. The number of terminal acetylenes is 1. The molecule has 0 aliphatic rings. The Kier molecular flexibility index (Phi) is 5.78. The van der Waals surface area contributed by atoms with E-state index in [4.69, 9.17) is 15.9 Å². The van der Waals surface area contributed by atoms with Gasteiger partial charge in [-0.2, -0.15) is 0 Å². The van der Waals surface area contributed by atoms with Crippen molar-refractivity contribution in [2.24, 2.45) is 0 Å². The summed E-state index contributed by atoms with van der Waals surface area (Å²) < 4.78 is 24.2. The Balaban J connectivity index is 2.43. The van der Waals surface area contributed by atoms with Crippen LogP contribution >= 0.6 is 0 Å². The predicted octanol–water partition coefficient (Wildman–Crippen LogP) is 3.82. The highest BCUT2D eigenvalue weighted by Crippen LogP contribution is 2.33. The summed E-state index contributed by atoms with van der Waals surface area (Å²) in [7, 11) is 1.55. The van der Waals surface area contributed by atoms with Gasteiger partial charge in [0.1, 0.15) is 11.6 Å². The van der Waals surface area contributed by atoms with Gasteiger partial charge in [-0.25, -0.2) is 9.18 Å². The van der Waals surface area contributed by atoms with Crippen LogP contribution in [0, 0.1) is 18.2 Å². The summed E-state index contributed by atoms with van der Waals surface area (Å²) in [5, 5.41) is 3.99. The Hall–Kier alpha value is -2.58. The van der Waals surface area contributed by atoms with E-state index >= 15 is 0 Å². The molecule has 0 bridgehead atoms. The van der Waals surface area contributed by atoms with Crippen molar-refractivity contribution in [3.05, 3.63) is 41.2 Å². The number of methoxy groups -OCH3 is 1. The molecule has 2 aromatic carbocycles. The number of rotatable bonds is 5. The number of nitrogens with one attached hydrogen (secondary N) is 1. The van der Waals surface area contributed by atoms with Crippen LogP contribution in [0.15, 0.2) is 24.3 Å². The number of carbonyl (C=O) groups excluding carboxylic acids is 1. The Morgan fingerprint density at radius 3 is 2.75 bits per heavy atom. The van der Waals surface area contributed by atoms with E-state index in [-0.39, 0.29) is 11.5 Å². The Labute approximate surface area is 141 Å². The molecule has 1 amide bonds. The number of benzene rings is 2. The van der Waals surface area contributed by atoms with Gasteiger partial charge in [-0.1, -0.05) is 25.8 Å². The molecule has 1 N–H and O–H groups in total. The van der Waals surface area contributed by atoms with E-state index in [9.17, 15) is 9.18 Å². The van der Waals surface area contributed by atoms with Gasteiger partial charge in [0.2, 0.25) is 0 Å². The molecule has 2 rings (SSSR count). The summed E-state index contributed by atoms with van der Waals surface area (Å²) >= 11 is 0. The first-order valence-corrected chi connectivity index (χ1v) is 7.65. The molecule has 0 fully saturated rings. The molecule has 0 heterocycles. The Bertz CT molecular complexity index is 793. The molecule has 2 aromatic rings. The second-order valence-corrected chi connectivity index (χ2v) is 5.64. The summed E-state index contributed by atoms with van der Waals surface area (Å²) in [6.07, 6.45) is 4.91. The van der Waals surface area contributed by atoms with E-state index in [1.54, 1.807) is 25.3 Å². The van der Waals surface area contributed by atoms with Crippen LogP contribution in [0.4, 0.5) is 9.18 Å². The zero-order valence-electron chi connectivity index (χ0n) is 14.0. The first-order chi connectivity index (χ1) is 11.5. The van der Waals surface area contributed by atoms with Crippen LogP contribution < -0.4 is 10.1 Å². The average Bonchev–Trinajstić information content (AvgIpc) is 2.54. The van der Waals surface area contributed by atoms with Crippen LogP contribution in [0.1, 0.15) is 30.9 Å². The summed E-state index contributed by atoms with van der Waals surface area (Å²) in [6.45, 7) is 4.70. The third kappa shape index (κ3) is 3.84. The first-order valence-electron chi connectivity index (χ1n) is 7.65. The predicted molar refractivity (Wildman–Crippen MR) is 91.8 cm³/mol. The zero-order valence-corrected chi connectivity index (χ0v) is 14.0. The summed E-state index contributed by atoms with van der Waals surface area (Å²) in [6, 6.07) is 6.36. The first kappa shape index (κ1) is 17.8. The van der Waals surface area contributed by atoms with Crippen LogP contribution in [0.3, 0.4) is 0 Å². The van der Waals surface area contributed by atoms with Gasteiger partial charge in [-0.15, -0.1) is 6.42 Å². The highest BCUT2D eigenvalue weighted by molar-refractivity contribution is 5.93. The standard InChI is InChI=1S/C19H20FNO3/c1-5-15-17(20)7-6-13-10-14(11-16(12(2)3)18(13)15)24-19(22)21-8-9-23-4/h1,6-7,10-12H,8-9H2,2-4H3,(H,21,22). The Morgan fingerprint density at radius 2 is 2.12 bits per heavy atom. The van der Waals surface area contributed by atoms with Crippen molar-refractivity contribution in [3.8, 4) is 18.1 Å². The van der Waals surface area contributed by atoms with Crippen molar-refractivity contribution in [1.82, 2.24) is 5.32 Å². The van der Waals surface area contributed by atoms with Gasteiger partial charge in [0.15, 0.2) is 0 Å². The molecule has 126 valence electrons. The Morgan fingerprint density at radius 1 is 1.38 bits per heavy atom. The highest BCUT2D eigenvalue weighted by Gasteiger charge is 2.15. The summed E-state index contributed by atoms with van der Waals surface area (Å²) in [4.78, 5) is 11.8. The smallest absolute Gasteiger partial charge is 0.410 e. The van der Waals surface area contributed by atoms with Crippen LogP contribution in [0.2, 0.25) is 0 Å². The quantitative estimate of drug-likeness (QED) is 0.670. The normalized spacial score (nSPS) is 10.7. The number of amides is 1. The molecular weight excluding hydrogens is 309 g/mol. The molecule has 0 atom stereocenters. The minimum atomic E-state index is -0.569. The van der Waals surface area contributed by atoms with Gasteiger partial charge in [-0.3, -0.25) is 0 Å². The van der Waals surface area contributed by atoms with Crippen molar-refractivity contribution in [2.45, 2.75) is 19.8 Å². The lowest BCUT2D eigenvalue weighted by atomic mass is 9.92. The zero-order chi connectivity index (χ0) is 17.7. The summed E-state index contributed by atoms with van der Waals surface area (Å²) in [5.41, 5.74) is 1.06. The maximum atomic E-state index is 14.0. The van der Waals surface area contributed by atoms with E-state index in [2.05, 4.69) is 11.2 Å². The van der Waals surface area contributed by atoms with Crippen molar-refractivity contribution < 1.29 is 18.7 Å². The fraction of sp³-hybridized carbons (Fsp3) is 0.316. The van der Waals surface area contributed by atoms with Crippen molar-refractivity contribution in [1.29, 1.82) is 0 Å². The molecule has 5 heteroatoms. The number of hydrogen-bond acceptors (Lipinski definition) is 3. The topological polar surface area (TPSA) is 47.6 Å². The molecule has 0 saturated carbocycles. The lowest BCUT2D eigenvalue weighted by Crippen LogP contribution is -2.29. The molecule has 0 aliphatic heterocycles. The molecule has 4 nitrogen and oxygen atoms in total. The second-order valence-electron chi connectivity index (χ2n) is 5.64. The number of ether oxygens (including phenoxy) is 2. The third-order valence-electron chi connectivity index (χ3n) is 3.62. The fourth-order valence-electron chi connectivity index (χ4n) is 2.50. The van der Waals surface area contributed by atoms with Gasteiger partial charge in [0.05, 0.1) is 12.2 Å². The molecule has 0 spiro atoms. The molecule has 24 heavy (non-hydrogen) atoms. The lowest BCUT2D eigenvalue weighted by molar-refractivity contribution is 0.180. The fourth-order valence-corrected chi connectivity index (χ4v) is 2.50. The van der Waals surface area contributed by atoms with Gasteiger partial charge in [0, 0.05) is 19.0 Å². The maximum Gasteiger partial charge on any atom is 0.412 e. The third-order valence-corrected chi connectivity index (χ3v) is 3.62. The molecule has 0 radical (unpaired) electrons. The molecule has 0 saturated heterocycles.